The van der Waals surface area contributed by atoms with Crippen molar-refractivity contribution in [1.82, 2.24) is 18.4 Å². The van der Waals surface area contributed by atoms with Crippen LogP contribution in [-0.4, -0.2) is 18.4 Å². The zero-order chi connectivity index (χ0) is 44.8. The van der Waals surface area contributed by atoms with E-state index in [0.717, 1.165) is 11.2 Å². The number of aromatic nitrogens is 4. The van der Waals surface area contributed by atoms with E-state index in [1.807, 2.05) is 0 Å². The Labute approximate surface area is 386 Å². The van der Waals surface area contributed by atoms with Crippen LogP contribution in [0.15, 0.2) is 170 Å². The van der Waals surface area contributed by atoms with Gasteiger partial charge in [0.05, 0.1) is 44.8 Å². The Morgan fingerprint density at radius 1 is 0.373 bits per heavy atom. The molecule has 67 heavy (non-hydrogen) atoms. The minimum atomic E-state index is -0.0840. The van der Waals surface area contributed by atoms with Gasteiger partial charge in [-0.25, -0.2) is 4.98 Å². The maximum absolute atomic E-state index is 5.60. The summed E-state index contributed by atoms with van der Waals surface area (Å²) >= 11 is 0. The molecule has 0 bridgehead atoms. The van der Waals surface area contributed by atoms with Crippen molar-refractivity contribution in [2.24, 2.45) is 0 Å². The number of pyridine rings is 1. The Morgan fingerprint density at radius 3 is 1.76 bits per heavy atom. The summed E-state index contributed by atoms with van der Waals surface area (Å²) in [6.45, 7) is 14.1. The van der Waals surface area contributed by atoms with Gasteiger partial charge >= 0.3 is 0 Å². The lowest BCUT2D eigenvalue weighted by Crippen LogP contribution is -2.11. The Bertz CT molecular complexity index is 4620. The molecular weight excluding hydrogens is 813 g/mol. The molecular formula is C63H46N4. The monoisotopic (exact) mass is 858 g/mol. The fourth-order valence-corrected chi connectivity index (χ4v) is 12.1. The molecule has 0 aliphatic rings. The maximum Gasteiger partial charge on any atom is 0.146 e. The molecule has 0 saturated heterocycles. The number of nitrogens with zero attached hydrogens (tertiary/aromatic N) is 4. The molecule has 0 fully saturated rings. The van der Waals surface area contributed by atoms with E-state index in [9.17, 15) is 0 Å². The van der Waals surface area contributed by atoms with Gasteiger partial charge in [-0.15, -0.1) is 0 Å². The van der Waals surface area contributed by atoms with Crippen molar-refractivity contribution in [1.29, 1.82) is 0 Å². The number of para-hydroxylation sites is 2. The van der Waals surface area contributed by atoms with Gasteiger partial charge in [0.2, 0.25) is 0 Å². The quantitative estimate of drug-likeness (QED) is 0.170. The van der Waals surface area contributed by atoms with E-state index >= 15 is 0 Å². The van der Waals surface area contributed by atoms with E-state index in [0.29, 0.717) is 0 Å². The molecule has 0 saturated carbocycles. The fraction of sp³-hybridized carbons (Fsp3) is 0.127. The van der Waals surface area contributed by atoms with Crippen molar-refractivity contribution >= 4 is 120 Å². The molecule has 4 nitrogen and oxygen atoms in total. The molecule has 4 heteroatoms. The first-order valence-electron chi connectivity index (χ1n) is 23.7. The molecule has 0 atom stereocenters. The lowest BCUT2D eigenvalue weighted by molar-refractivity contribution is 0.591. The van der Waals surface area contributed by atoms with E-state index < -0.39 is 0 Å². The van der Waals surface area contributed by atoms with Crippen LogP contribution in [0, 0.1) is 0 Å². The van der Waals surface area contributed by atoms with Crippen LogP contribution in [0.3, 0.4) is 0 Å². The number of hydrogen-bond donors (Lipinski definition) is 0. The van der Waals surface area contributed by atoms with E-state index in [-0.39, 0.29) is 10.8 Å². The van der Waals surface area contributed by atoms with E-state index in [4.69, 9.17) is 4.98 Å². The molecule has 0 aliphatic carbocycles. The summed E-state index contributed by atoms with van der Waals surface area (Å²) in [4.78, 5) is 5.60. The van der Waals surface area contributed by atoms with Crippen LogP contribution in [0.1, 0.15) is 52.7 Å². The van der Waals surface area contributed by atoms with Crippen LogP contribution >= 0.6 is 0 Å². The normalized spacial score (nSPS) is 13.2. The molecule has 15 aromatic rings. The van der Waals surface area contributed by atoms with Crippen molar-refractivity contribution < 1.29 is 0 Å². The highest BCUT2D eigenvalue weighted by Gasteiger charge is 2.30. The summed E-state index contributed by atoms with van der Waals surface area (Å²) in [5.74, 6) is 0. The van der Waals surface area contributed by atoms with Gasteiger partial charge in [-0.3, -0.25) is 4.40 Å². The molecule has 0 spiro atoms. The summed E-state index contributed by atoms with van der Waals surface area (Å²) < 4.78 is 7.48. The third kappa shape index (κ3) is 4.79. The Morgan fingerprint density at radius 2 is 0.985 bits per heavy atom. The SMILES string of the molecule is CC(C)(C)c1cc(-c2ccc3c(c2)c2ccccc2n3-c2ccccc2)c2c(c1)c1cc(C(C)(C)C)cc3c4c5c6cc7ccccc7c7c8cc9ccccc9cc8n(c5ncc4n2c13)c67. The van der Waals surface area contributed by atoms with Gasteiger partial charge in [0.25, 0.3) is 0 Å². The van der Waals surface area contributed by atoms with Gasteiger partial charge in [-0.2, -0.15) is 0 Å². The topological polar surface area (TPSA) is 26.6 Å². The second-order valence-corrected chi connectivity index (χ2v) is 21.2. The van der Waals surface area contributed by atoms with Gasteiger partial charge < -0.3 is 8.97 Å². The average molecular weight is 859 g/mol. The number of fused-ring (bicyclic) bond motifs is 19. The van der Waals surface area contributed by atoms with Gasteiger partial charge in [-0.1, -0.05) is 133 Å². The minimum absolute atomic E-state index is 0.0807. The highest BCUT2D eigenvalue weighted by molar-refractivity contribution is 6.38. The third-order valence-corrected chi connectivity index (χ3v) is 15.3. The second kappa shape index (κ2) is 12.5. The van der Waals surface area contributed by atoms with E-state index in [1.54, 1.807) is 0 Å². The van der Waals surface area contributed by atoms with Gasteiger partial charge in [-0.05, 0) is 122 Å². The van der Waals surface area contributed by atoms with Crippen LogP contribution < -0.4 is 0 Å². The zero-order valence-electron chi connectivity index (χ0n) is 38.5. The van der Waals surface area contributed by atoms with Crippen LogP contribution in [-0.2, 0) is 10.8 Å². The summed E-state index contributed by atoms with van der Waals surface area (Å²) in [5, 5.41) is 17.8. The number of hydrogen-bond acceptors (Lipinski definition) is 1. The van der Waals surface area contributed by atoms with Crippen molar-refractivity contribution in [3.8, 4) is 16.8 Å². The smallest absolute Gasteiger partial charge is 0.146 e. The third-order valence-electron chi connectivity index (χ3n) is 15.3. The van der Waals surface area contributed by atoms with Gasteiger partial charge in [0, 0.05) is 65.1 Å². The molecule has 0 unspecified atom stereocenters. The number of benzene rings is 9. The Hall–Kier alpha value is -7.95. The zero-order valence-corrected chi connectivity index (χ0v) is 38.5. The molecule has 0 N–H and O–H groups in total. The van der Waals surface area contributed by atoms with Crippen LogP contribution in [0.5, 0.6) is 0 Å². The standard InChI is InChI=1S/C63H46N4/c1-62(2,3)39-30-44(38-24-25-52-45(27-38)43-22-14-15-23-51(43)65(52)41-19-8-7-9-20-41)58-46(31-39)47-32-40(63(4,5)6)33-50-56-54(66(58)59(47)50)34-64-61-57(56)49-28-37-18-12-13-21-42(37)55-48-26-35-16-10-11-17-36(35)29-53(48)67(61)60(49)55/h7-34H,1-6H3. The van der Waals surface area contributed by atoms with E-state index in [2.05, 4.69) is 225 Å². The summed E-state index contributed by atoms with van der Waals surface area (Å²) in [6, 6.07) is 61.7. The molecule has 6 aromatic heterocycles. The van der Waals surface area contributed by atoms with Crippen LogP contribution in [0.25, 0.3) is 136 Å². The minimum Gasteiger partial charge on any atom is -0.309 e. The molecule has 0 aliphatic heterocycles. The summed E-state index contributed by atoms with van der Waals surface area (Å²) in [6.07, 6.45) is 2.19. The number of rotatable bonds is 2. The fourth-order valence-electron chi connectivity index (χ4n) is 12.1. The molecule has 318 valence electrons. The first-order valence-corrected chi connectivity index (χ1v) is 23.7. The van der Waals surface area contributed by atoms with Crippen LogP contribution in [0.4, 0.5) is 0 Å². The maximum atomic E-state index is 5.60. The molecule has 0 radical (unpaired) electrons. The predicted octanol–water partition coefficient (Wildman–Crippen LogP) is 17.0. The second-order valence-electron chi connectivity index (χ2n) is 21.2. The van der Waals surface area contributed by atoms with Gasteiger partial charge in [0.15, 0.2) is 0 Å². The largest absolute Gasteiger partial charge is 0.309 e. The Kier molecular flexibility index (Phi) is 6.94. The van der Waals surface area contributed by atoms with Crippen molar-refractivity contribution in [2.75, 3.05) is 0 Å². The lowest BCUT2D eigenvalue weighted by Gasteiger charge is -2.22. The average Bonchev–Trinajstić information content (AvgIpc) is 4.12. The molecule has 6 heterocycles. The van der Waals surface area contributed by atoms with Crippen molar-refractivity contribution in [2.45, 2.75) is 52.4 Å². The van der Waals surface area contributed by atoms with Gasteiger partial charge in [0.1, 0.15) is 5.65 Å². The first kappa shape index (κ1) is 37.3. The summed E-state index contributed by atoms with van der Waals surface area (Å²) in [5.41, 5.74) is 15.7. The lowest BCUT2D eigenvalue weighted by atomic mass is 9.83. The van der Waals surface area contributed by atoms with E-state index in [1.165, 1.54) is 136 Å². The highest BCUT2D eigenvalue weighted by Crippen LogP contribution is 2.51. The van der Waals surface area contributed by atoms with Crippen molar-refractivity contribution in [3.05, 3.63) is 181 Å². The molecule has 15 rings (SSSR count). The van der Waals surface area contributed by atoms with Crippen molar-refractivity contribution in [3.63, 3.8) is 0 Å². The molecule has 9 aromatic carbocycles. The predicted molar refractivity (Wildman–Crippen MR) is 286 cm³/mol. The highest BCUT2D eigenvalue weighted by atomic mass is 15.0. The molecule has 0 amide bonds. The van der Waals surface area contributed by atoms with Crippen LogP contribution in [0.2, 0.25) is 0 Å². The first-order chi connectivity index (χ1) is 32.5. The Balaban J connectivity index is 1.13. The summed E-state index contributed by atoms with van der Waals surface area (Å²) in [7, 11) is 0.